The molecule has 1 saturated heterocycles. The first-order valence-corrected chi connectivity index (χ1v) is 11.5. The number of carbonyl (C=O) groups is 1. The Balaban J connectivity index is 1.42. The van der Waals surface area contributed by atoms with Crippen LogP contribution in [0.3, 0.4) is 0 Å². The Kier molecular flexibility index (Phi) is 6.88. The summed E-state index contributed by atoms with van der Waals surface area (Å²) in [5.74, 6) is 0.763. The second-order valence-corrected chi connectivity index (χ2v) is 9.68. The summed E-state index contributed by atoms with van der Waals surface area (Å²) in [7, 11) is 0. The van der Waals surface area contributed by atoms with Crippen LogP contribution in [0.5, 0.6) is 0 Å². The van der Waals surface area contributed by atoms with E-state index in [0.29, 0.717) is 36.9 Å². The predicted molar refractivity (Wildman–Crippen MR) is 125 cm³/mol. The first-order valence-electron chi connectivity index (χ1n) is 11.5. The summed E-state index contributed by atoms with van der Waals surface area (Å²) in [5, 5.41) is 4.05. The average molecular weight is 451 g/mol. The first kappa shape index (κ1) is 23.1. The van der Waals surface area contributed by atoms with E-state index in [2.05, 4.69) is 47.9 Å². The minimum absolute atomic E-state index is 0.0542. The summed E-state index contributed by atoms with van der Waals surface area (Å²) in [6.45, 7) is 8.68. The zero-order valence-electron chi connectivity index (χ0n) is 19.5. The highest BCUT2D eigenvalue weighted by molar-refractivity contribution is 5.79. The number of rotatable bonds is 6. The van der Waals surface area contributed by atoms with Crippen LogP contribution in [0.1, 0.15) is 51.0 Å². The minimum atomic E-state index is -0.333. The fraction of sp³-hybridized carbons (Fsp3) is 0.423. The van der Waals surface area contributed by atoms with E-state index in [1.54, 1.807) is 12.1 Å². The Bertz CT molecular complexity index is 1080. The van der Waals surface area contributed by atoms with Crippen molar-refractivity contribution in [2.75, 3.05) is 19.6 Å². The van der Waals surface area contributed by atoms with E-state index in [4.69, 9.17) is 4.52 Å². The minimum Gasteiger partial charge on any atom is -0.339 e. The van der Waals surface area contributed by atoms with Gasteiger partial charge in [-0.2, -0.15) is 4.98 Å². The molecule has 0 spiro atoms. The van der Waals surface area contributed by atoms with Crippen molar-refractivity contribution in [3.63, 3.8) is 0 Å². The van der Waals surface area contributed by atoms with Gasteiger partial charge in [-0.25, -0.2) is 4.39 Å². The van der Waals surface area contributed by atoms with E-state index < -0.39 is 0 Å². The van der Waals surface area contributed by atoms with Crippen LogP contribution in [0.4, 0.5) is 4.39 Å². The first-order chi connectivity index (χ1) is 15.8. The number of carbonyl (C=O) groups excluding carboxylic acids is 1. The number of hydrogen-bond acceptors (Lipinski definition) is 5. The quantitative estimate of drug-likeness (QED) is 0.536. The molecule has 7 heteroatoms. The molecule has 1 unspecified atom stereocenters. The van der Waals surface area contributed by atoms with Crippen molar-refractivity contribution in [2.24, 2.45) is 0 Å². The van der Waals surface area contributed by atoms with Crippen LogP contribution in [-0.2, 0) is 11.3 Å². The van der Waals surface area contributed by atoms with Crippen LogP contribution < -0.4 is 0 Å². The molecule has 6 nitrogen and oxygen atoms in total. The monoisotopic (exact) mass is 450 g/mol. The van der Waals surface area contributed by atoms with Crippen molar-refractivity contribution in [2.45, 2.75) is 51.6 Å². The second-order valence-electron chi connectivity index (χ2n) is 9.68. The Morgan fingerprint density at radius 1 is 1.18 bits per heavy atom. The van der Waals surface area contributed by atoms with Crippen LogP contribution in [0.15, 0.2) is 59.1 Å². The third kappa shape index (κ3) is 5.85. The van der Waals surface area contributed by atoms with Gasteiger partial charge in [-0.3, -0.25) is 9.69 Å². The molecule has 1 aromatic heterocycles. The third-order valence-electron chi connectivity index (χ3n) is 6.03. The molecule has 1 aliphatic heterocycles. The molecule has 0 bridgehead atoms. The summed E-state index contributed by atoms with van der Waals surface area (Å²) in [6.07, 6.45) is 1.87. The second kappa shape index (κ2) is 9.83. The van der Waals surface area contributed by atoms with Gasteiger partial charge in [0.25, 0.3) is 0 Å². The number of piperidine rings is 1. The average Bonchev–Trinajstić information content (AvgIpc) is 3.28. The zero-order valence-corrected chi connectivity index (χ0v) is 19.5. The van der Waals surface area contributed by atoms with E-state index >= 15 is 0 Å². The van der Waals surface area contributed by atoms with Gasteiger partial charge in [0.2, 0.25) is 17.6 Å². The fourth-order valence-corrected chi connectivity index (χ4v) is 4.29. The lowest BCUT2D eigenvalue weighted by Crippen LogP contribution is -2.50. The zero-order chi connectivity index (χ0) is 23.4. The lowest BCUT2D eigenvalue weighted by molar-refractivity contribution is -0.138. The van der Waals surface area contributed by atoms with Crippen LogP contribution in [0, 0.1) is 5.82 Å². The Morgan fingerprint density at radius 3 is 2.70 bits per heavy atom. The van der Waals surface area contributed by atoms with Crippen LogP contribution >= 0.6 is 0 Å². The van der Waals surface area contributed by atoms with E-state index in [1.807, 2.05) is 23.1 Å². The van der Waals surface area contributed by atoms with Gasteiger partial charge < -0.3 is 9.42 Å². The van der Waals surface area contributed by atoms with E-state index in [-0.39, 0.29) is 23.2 Å². The largest absolute Gasteiger partial charge is 0.339 e. The highest BCUT2D eigenvalue weighted by Crippen LogP contribution is 2.28. The van der Waals surface area contributed by atoms with Gasteiger partial charge >= 0.3 is 0 Å². The molecule has 1 amide bonds. The van der Waals surface area contributed by atoms with Gasteiger partial charge in [-0.1, -0.05) is 47.6 Å². The number of likely N-dealkylation sites (tertiary alicyclic amines) is 1. The smallest absolute Gasteiger partial charge is 0.237 e. The van der Waals surface area contributed by atoms with Gasteiger partial charge in [0.1, 0.15) is 5.82 Å². The maximum absolute atomic E-state index is 13.5. The molecule has 4 rings (SSSR count). The summed E-state index contributed by atoms with van der Waals surface area (Å²) < 4.78 is 19.1. The third-order valence-corrected chi connectivity index (χ3v) is 6.03. The number of amides is 1. The molecule has 2 heterocycles. The van der Waals surface area contributed by atoms with Gasteiger partial charge in [0, 0.05) is 24.2 Å². The molecule has 3 aromatic rings. The van der Waals surface area contributed by atoms with Crippen molar-refractivity contribution in [1.29, 1.82) is 0 Å². The normalized spacial score (nSPS) is 17.2. The number of benzene rings is 2. The van der Waals surface area contributed by atoms with Crippen LogP contribution in [0.2, 0.25) is 0 Å². The van der Waals surface area contributed by atoms with Crippen molar-refractivity contribution in [3.8, 4) is 11.4 Å². The lowest BCUT2D eigenvalue weighted by atomic mass is 9.97. The molecular weight excluding hydrogens is 419 g/mol. The number of hydrogen-bond donors (Lipinski definition) is 0. The maximum atomic E-state index is 13.5. The fourth-order valence-electron chi connectivity index (χ4n) is 4.29. The van der Waals surface area contributed by atoms with Crippen LogP contribution in [0.25, 0.3) is 11.4 Å². The van der Waals surface area contributed by atoms with Crippen molar-refractivity contribution in [3.05, 3.63) is 71.9 Å². The molecule has 0 aliphatic carbocycles. The van der Waals surface area contributed by atoms with Crippen molar-refractivity contribution < 1.29 is 13.7 Å². The molecule has 33 heavy (non-hydrogen) atoms. The molecule has 174 valence electrons. The number of aromatic nitrogens is 2. The highest BCUT2D eigenvalue weighted by Gasteiger charge is 2.31. The highest BCUT2D eigenvalue weighted by atomic mass is 19.1. The summed E-state index contributed by atoms with van der Waals surface area (Å²) >= 11 is 0. The molecular formula is C26H31FN4O2. The molecule has 1 fully saturated rings. The topological polar surface area (TPSA) is 62.5 Å². The summed E-state index contributed by atoms with van der Waals surface area (Å²) in [6, 6.07) is 16.3. The Hall–Kier alpha value is -3.06. The van der Waals surface area contributed by atoms with Gasteiger partial charge in [0.15, 0.2) is 0 Å². The Morgan fingerprint density at radius 2 is 1.97 bits per heavy atom. The van der Waals surface area contributed by atoms with E-state index in [1.165, 1.54) is 12.1 Å². The molecule has 0 N–H and O–H groups in total. The summed E-state index contributed by atoms with van der Waals surface area (Å²) in [5.41, 5.74) is 1.43. The molecule has 1 aliphatic rings. The molecule has 0 saturated carbocycles. The van der Waals surface area contributed by atoms with Gasteiger partial charge in [-0.05, 0) is 57.9 Å². The van der Waals surface area contributed by atoms with Gasteiger partial charge in [0.05, 0.1) is 12.5 Å². The van der Waals surface area contributed by atoms with E-state index in [9.17, 15) is 9.18 Å². The van der Waals surface area contributed by atoms with Gasteiger partial charge in [-0.15, -0.1) is 0 Å². The van der Waals surface area contributed by atoms with E-state index in [0.717, 1.165) is 24.9 Å². The standard InChI is InChI=1S/C26H31FN4O2/c1-26(2,3)31(16-19-9-5-4-6-10-19)23(32)18-30-14-8-12-21(17-30)25-28-24(29-33-25)20-11-7-13-22(27)15-20/h4-7,9-11,13,15,21H,8,12,14,16-18H2,1-3H3. The lowest BCUT2D eigenvalue weighted by Gasteiger charge is -2.38. The molecule has 2 aromatic carbocycles. The summed E-state index contributed by atoms with van der Waals surface area (Å²) in [4.78, 5) is 22.0. The Labute approximate surface area is 194 Å². The molecule has 0 radical (unpaired) electrons. The maximum Gasteiger partial charge on any atom is 0.237 e. The number of halogens is 1. The predicted octanol–water partition coefficient (Wildman–Crippen LogP) is 4.88. The van der Waals surface area contributed by atoms with Crippen LogP contribution in [-0.4, -0.2) is 51.0 Å². The molecule has 1 atom stereocenters. The number of nitrogens with zero attached hydrogens (tertiary/aromatic N) is 4. The van der Waals surface area contributed by atoms with Crippen molar-refractivity contribution in [1.82, 2.24) is 19.9 Å². The van der Waals surface area contributed by atoms with Crippen molar-refractivity contribution >= 4 is 5.91 Å². The SMILES string of the molecule is CC(C)(C)N(Cc1ccccc1)C(=O)CN1CCCC(c2nc(-c3cccc(F)c3)no2)C1.